The minimum Gasteiger partial charge on any atom is -0.465 e. The minimum absolute atomic E-state index is 0.0340. The van der Waals surface area contributed by atoms with Gasteiger partial charge >= 0.3 is 17.8 Å². The molecule has 5 nitrogen and oxygen atoms in total. The lowest BCUT2D eigenvalue weighted by Crippen LogP contribution is -2.55. The fraction of sp³-hybridized carbons (Fsp3) is 0.235. The van der Waals surface area contributed by atoms with Gasteiger partial charge in [-0.15, -0.1) is 0 Å². The normalized spacial score (nSPS) is 22.2. The Morgan fingerprint density at radius 1 is 1.16 bits per heavy atom. The van der Waals surface area contributed by atoms with Crippen molar-refractivity contribution in [1.29, 1.82) is 0 Å². The van der Waals surface area contributed by atoms with E-state index >= 15 is 0 Å². The summed E-state index contributed by atoms with van der Waals surface area (Å²) in [7, 11) is 0.875. The Morgan fingerprint density at radius 3 is 2.44 bits per heavy atom. The van der Waals surface area contributed by atoms with Crippen LogP contribution >= 0.6 is 0 Å². The van der Waals surface area contributed by atoms with E-state index in [9.17, 15) is 18.0 Å². The zero-order valence-electron chi connectivity index (χ0n) is 13.4. The summed E-state index contributed by atoms with van der Waals surface area (Å²) in [5.41, 5.74) is -1.96. The maximum Gasteiger partial charge on any atom is 0.445 e. The van der Waals surface area contributed by atoms with E-state index in [0.29, 0.717) is 5.56 Å². The van der Waals surface area contributed by atoms with Gasteiger partial charge in [-0.1, -0.05) is 35.9 Å². The number of hydrogen-bond acceptors (Lipinski definition) is 5. The highest BCUT2D eigenvalue weighted by molar-refractivity contribution is 6.16. The molecule has 0 bridgehead atoms. The van der Waals surface area contributed by atoms with Gasteiger partial charge in [0.15, 0.2) is 0 Å². The molecule has 0 aromatic heterocycles. The lowest BCUT2D eigenvalue weighted by atomic mass is 10.1. The Morgan fingerprint density at radius 2 is 1.84 bits per heavy atom. The number of fused-ring (bicyclic) bond motifs is 1. The van der Waals surface area contributed by atoms with Crippen molar-refractivity contribution in [3.63, 3.8) is 0 Å². The molecule has 2 aliphatic rings. The minimum atomic E-state index is -5.05. The van der Waals surface area contributed by atoms with Crippen LogP contribution in [0.5, 0.6) is 0 Å². The highest BCUT2D eigenvalue weighted by atomic mass is 19.4. The Bertz CT molecular complexity index is 823. The number of allylic oxidation sites excluding steroid dienone is 2. The molecule has 0 radical (unpaired) electrons. The molecule has 0 fully saturated rings. The van der Waals surface area contributed by atoms with Crippen LogP contribution in [0.2, 0.25) is 0 Å². The Kier molecular flexibility index (Phi) is 3.98. The summed E-state index contributed by atoms with van der Waals surface area (Å²) in [4.78, 5) is 20.7. The number of amidine groups is 2. The molecule has 8 heteroatoms. The Hall–Kier alpha value is -2.90. The molecule has 0 aliphatic carbocycles. The number of methoxy groups -OCH3 is 1. The second-order valence-electron chi connectivity index (χ2n) is 5.50. The molecule has 1 atom stereocenters. The van der Waals surface area contributed by atoms with E-state index < -0.39 is 17.8 Å². The molecular formula is C17H14F3N3O2. The number of carbonyl (C=O) groups excluding carboxylic acids is 1. The number of rotatable bonds is 2. The third-order valence-corrected chi connectivity index (χ3v) is 3.79. The molecule has 2 heterocycles. The fourth-order valence-electron chi connectivity index (χ4n) is 2.48. The lowest BCUT2D eigenvalue weighted by molar-refractivity contribution is -0.202. The standard InChI is InChI=1S/C17H14F3N3O2/c1-11-6-8-12(9-7-11)14-22-16(15(24)25-2,17(18,19)20)21-13-5-3-4-10-23(13)14/h3-10H,1-2H3/t16-/m0/s1. The summed E-state index contributed by atoms with van der Waals surface area (Å²) in [6.07, 6.45) is 1.04. The number of nitrogens with zero attached hydrogens (tertiary/aromatic N) is 3. The Balaban J connectivity index is 2.25. The van der Waals surface area contributed by atoms with Gasteiger partial charge in [-0.25, -0.2) is 14.8 Å². The first-order chi connectivity index (χ1) is 11.8. The molecule has 0 amide bonds. The van der Waals surface area contributed by atoms with Crippen molar-refractivity contribution >= 4 is 17.6 Å². The molecule has 2 aliphatic heterocycles. The summed E-state index contributed by atoms with van der Waals surface area (Å²) < 4.78 is 45.7. The van der Waals surface area contributed by atoms with Gasteiger partial charge in [-0.3, -0.25) is 4.90 Å². The number of halogens is 3. The van der Waals surface area contributed by atoms with Gasteiger partial charge in [0, 0.05) is 11.8 Å². The largest absolute Gasteiger partial charge is 0.465 e. The average Bonchev–Trinajstić information content (AvgIpc) is 2.59. The zero-order valence-corrected chi connectivity index (χ0v) is 13.4. The number of benzene rings is 1. The van der Waals surface area contributed by atoms with Gasteiger partial charge in [0.1, 0.15) is 11.7 Å². The highest BCUT2D eigenvalue weighted by Gasteiger charge is 2.64. The van der Waals surface area contributed by atoms with Crippen molar-refractivity contribution in [3.05, 3.63) is 59.8 Å². The quantitative estimate of drug-likeness (QED) is 0.772. The predicted molar refractivity (Wildman–Crippen MR) is 86.1 cm³/mol. The van der Waals surface area contributed by atoms with E-state index in [1.165, 1.54) is 23.3 Å². The van der Waals surface area contributed by atoms with Crippen molar-refractivity contribution in [2.45, 2.75) is 18.8 Å². The second-order valence-corrected chi connectivity index (χ2v) is 5.50. The molecule has 3 rings (SSSR count). The maximum absolute atomic E-state index is 13.8. The van der Waals surface area contributed by atoms with E-state index in [1.54, 1.807) is 30.3 Å². The monoisotopic (exact) mass is 349 g/mol. The van der Waals surface area contributed by atoms with E-state index in [2.05, 4.69) is 14.7 Å². The topological polar surface area (TPSA) is 54.3 Å². The number of aliphatic imine (C=N–C) groups is 2. The summed E-state index contributed by atoms with van der Waals surface area (Å²) in [6.45, 7) is 1.86. The predicted octanol–water partition coefficient (Wildman–Crippen LogP) is 2.97. The third-order valence-electron chi connectivity index (χ3n) is 3.79. The summed E-state index contributed by atoms with van der Waals surface area (Å²) in [5, 5.41) is 0. The molecular weight excluding hydrogens is 335 g/mol. The third kappa shape index (κ3) is 2.73. The van der Waals surface area contributed by atoms with Crippen LogP contribution in [0.15, 0.2) is 58.7 Å². The van der Waals surface area contributed by atoms with Crippen LogP contribution in [0.4, 0.5) is 13.2 Å². The average molecular weight is 349 g/mol. The smallest absolute Gasteiger partial charge is 0.445 e. The fourth-order valence-corrected chi connectivity index (χ4v) is 2.48. The Labute approximate surface area is 141 Å². The number of carbonyl (C=O) groups is 1. The first-order valence-electron chi connectivity index (χ1n) is 7.34. The molecule has 1 aromatic carbocycles. The summed E-state index contributed by atoms with van der Waals surface area (Å²) in [5.74, 6) is -1.66. The van der Waals surface area contributed by atoms with Crippen LogP contribution in [0.25, 0.3) is 0 Å². The van der Waals surface area contributed by atoms with Crippen molar-refractivity contribution in [2.24, 2.45) is 9.98 Å². The maximum atomic E-state index is 13.8. The van der Waals surface area contributed by atoms with Gasteiger partial charge in [0.2, 0.25) is 0 Å². The summed E-state index contributed by atoms with van der Waals surface area (Å²) >= 11 is 0. The molecule has 25 heavy (non-hydrogen) atoms. The first kappa shape index (κ1) is 16.9. The molecule has 0 saturated carbocycles. The van der Waals surface area contributed by atoms with Crippen molar-refractivity contribution in [2.75, 3.05) is 7.11 Å². The molecule has 1 aromatic rings. The number of hydrogen-bond donors (Lipinski definition) is 0. The number of ether oxygens (including phenoxy) is 1. The van der Waals surface area contributed by atoms with E-state index in [-0.39, 0.29) is 11.7 Å². The number of alkyl halides is 3. The van der Waals surface area contributed by atoms with Crippen molar-refractivity contribution in [1.82, 2.24) is 4.90 Å². The molecule has 0 unspecified atom stereocenters. The van der Waals surface area contributed by atoms with Crippen LogP contribution < -0.4 is 0 Å². The van der Waals surface area contributed by atoms with E-state index in [0.717, 1.165) is 12.7 Å². The second kappa shape index (κ2) is 5.87. The van der Waals surface area contributed by atoms with E-state index in [1.807, 2.05) is 6.92 Å². The van der Waals surface area contributed by atoms with Gasteiger partial charge in [0.05, 0.1) is 7.11 Å². The molecule has 0 saturated heterocycles. The van der Waals surface area contributed by atoms with Gasteiger partial charge < -0.3 is 4.74 Å². The van der Waals surface area contributed by atoms with Crippen LogP contribution in [-0.4, -0.2) is 41.5 Å². The van der Waals surface area contributed by atoms with Gasteiger partial charge in [-0.2, -0.15) is 13.2 Å². The zero-order chi connectivity index (χ0) is 18.2. The SMILES string of the molecule is COC(=O)[C@]1(C(F)(F)F)N=C2C=CC=CN2C(c2ccc(C)cc2)=N1. The first-order valence-corrected chi connectivity index (χ1v) is 7.34. The van der Waals surface area contributed by atoms with Crippen LogP contribution in [0.1, 0.15) is 11.1 Å². The van der Waals surface area contributed by atoms with Crippen LogP contribution in [-0.2, 0) is 9.53 Å². The highest BCUT2D eigenvalue weighted by Crippen LogP contribution is 2.39. The van der Waals surface area contributed by atoms with E-state index in [4.69, 9.17) is 0 Å². The molecule has 0 N–H and O–H groups in total. The molecule has 0 spiro atoms. The van der Waals surface area contributed by atoms with Crippen LogP contribution in [0, 0.1) is 6.92 Å². The van der Waals surface area contributed by atoms with Crippen molar-refractivity contribution < 1.29 is 22.7 Å². The molecule has 130 valence electrons. The number of aryl methyl sites for hydroxylation is 1. The van der Waals surface area contributed by atoms with Crippen molar-refractivity contribution in [3.8, 4) is 0 Å². The van der Waals surface area contributed by atoms with Gasteiger partial charge in [-0.05, 0) is 19.1 Å². The van der Waals surface area contributed by atoms with Gasteiger partial charge in [0.25, 0.3) is 0 Å². The van der Waals surface area contributed by atoms with Crippen LogP contribution in [0.3, 0.4) is 0 Å². The lowest BCUT2D eigenvalue weighted by Gasteiger charge is -2.35. The number of esters is 1. The summed E-state index contributed by atoms with van der Waals surface area (Å²) in [6, 6.07) is 6.78.